The zero-order valence-electron chi connectivity index (χ0n) is 13.5. The lowest BCUT2D eigenvalue weighted by Gasteiger charge is -2.28. The first-order chi connectivity index (χ1) is 11.0. The normalized spacial score (nSPS) is 19.1. The quantitative estimate of drug-likeness (QED) is 0.714. The maximum Gasteiger partial charge on any atom is 0.320 e. The molecule has 0 spiro atoms. The summed E-state index contributed by atoms with van der Waals surface area (Å²) in [6.07, 6.45) is 1.94. The second-order valence-electron chi connectivity index (χ2n) is 5.80. The molecular weight excluding hydrogens is 296 g/mol. The largest absolute Gasteiger partial charge is 0.493 e. The van der Waals surface area contributed by atoms with Gasteiger partial charge in [-0.2, -0.15) is 0 Å². The van der Waals surface area contributed by atoms with Crippen molar-refractivity contribution in [1.82, 2.24) is 10.6 Å². The van der Waals surface area contributed by atoms with Gasteiger partial charge in [-0.15, -0.1) is 0 Å². The fraction of sp³-hybridized carbons (Fsp3) is 0.529. The number of para-hydroxylation sites is 1. The smallest absolute Gasteiger partial charge is 0.320 e. The van der Waals surface area contributed by atoms with Crippen molar-refractivity contribution in [2.24, 2.45) is 0 Å². The topological polar surface area (TPSA) is 87.7 Å². The molecule has 0 radical (unpaired) electrons. The number of benzene rings is 1. The molecule has 23 heavy (non-hydrogen) atoms. The van der Waals surface area contributed by atoms with Gasteiger partial charge in [-0.05, 0) is 19.4 Å². The molecule has 3 N–H and O–H groups in total. The molecule has 2 rings (SSSR count). The van der Waals surface area contributed by atoms with E-state index in [0.29, 0.717) is 19.4 Å². The zero-order valence-corrected chi connectivity index (χ0v) is 13.5. The van der Waals surface area contributed by atoms with E-state index >= 15 is 0 Å². The number of aliphatic carboxylic acids is 1. The Balaban J connectivity index is 1.98. The van der Waals surface area contributed by atoms with Gasteiger partial charge in [-0.25, -0.2) is 0 Å². The van der Waals surface area contributed by atoms with E-state index in [4.69, 9.17) is 4.74 Å². The van der Waals surface area contributed by atoms with Gasteiger partial charge in [0.2, 0.25) is 5.91 Å². The van der Waals surface area contributed by atoms with Crippen molar-refractivity contribution in [3.05, 3.63) is 29.8 Å². The molecule has 1 aromatic rings. The SMILES string of the molecule is CCCC(NC(C)C(=O)NC1CCOc2ccccc21)C(=O)O. The Labute approximate surface area is 136 Å². The van der Waals surface area contributed by atoms with Gasteiger partial charge in [0.25, 0.3) is 0 Å². The molecule has 0 saturated carbocycles. The van der Waals surface area contributed by atoms with Crippen LogP contribution < -0.4 is 15.4 Å². The Morgan fingerprint density at radius 1 is 1.39 bits per heavy atom. The molecule has 1 aliphatic heterocycles. The number of carboxylic acids is 1. The van der Waals surface area contributed by atoms with Crippen molar-refractivity contribution in [3.8, 4) is 5.75 Å². The minimum atomic E-state index is -0.928. The highest BCUT2D eigenvalue weighted by atomic mass is 16.5. The molecule has 6 heteroatoms. The Bertz CT molecular complexity index is 561. The van der Waals surface area contributed by atoms with Gasteiger partial charge >= 0.3 is 5.97 Å². The minimum Gasteiger partial charge on any atom is -0.493 e. The average Bonchev–Trinajstić information content (AvgIpc) is 2.54. The number of carboxylic acid groups (broad SMARTS) is 1. The monoisotopic (exact) mass is 320 g/mol. The Hall–Kier alpha value is -2.08. The molecule has 126 valence electrons. The molecule has 0 aliphatic carbocycles. The van der Waals surface area contributed by atoms with Crippen molar-refractivity contribution in [3.63, 3.8) is 0 Å². The summed E-state index contributed by atoms with van der Waals surface area (Å²) in [5.41, 5.74) is 0.961. The van der Waals surface area contributed by atoms with Crippen LogP contribution in [0.2, 0.25) is 0 Å². The summed E-state index contributed by atoms with van der Waals surface area (Å²) < 4.78 is 5.58. The first-order valence-corrected chi connectivity index (χ1v) is 8.04. The summed E-state index contributed by atoms with van der Waals surface area (Å²) in [7, 11) is 0. The summed E-state index contributed by atoms with van der Waals surface area (Å²) in [6.45, 7) is 4.16. The van der Waals surface area contributed by atoms with Gasteiger partial charge in [0, 0.05) is 12.0 Å². The molecule has 3 unspecified atom stereocenters. The number of nitrogens with one attached hydrogen (secondary N) is 2. The summed E-state index contributed by atoms with van der Waals surface area (Å²) in [4.78, 5) is 23.6. The Morgan fingerprint density at radius 3 is 2.83 bits per heavy atom. The van der Waals surface area contributed by atoms with E-state index < -0.39 is 18.1 Å². The van der Waals surface area contributed by atoms with Crippen molar-refractivity contribution in [2.45, 2.75) is 51.2 Å². The third kappa shape index (κ3) is 4.45. The van der Waals surface area contributed by atoms with E-state index in [0.717, 1.165) is 17.7 Å². The number of fused-ring (bicyclic) bond motifs is 1. The fourth-order valence-electron chi connectivity index (χ4n) is 2.73. The van der Waals surface area contributed by atoms with Crippen LogP contribution in [0.1, 0.15) is 44.7 Å². The van der Waals surface area contributed by atoms with E-state index in [2.05, 4.69) is 10.6 Å². The number of hydrogen-bond donors (Lipinski definition) is 3. The van der Waals surface area contributed by atoms with E-state index in [-0.39, 0.29) is 11.9 Å². The molecule has 1 aliphatic rings. The number of ether oxygens (including phenoxy) is 1. The lowest BCUT2D eigenvalue weighted by molar-refractivity contribution is -0.140. The molecule has 0 aromatic heterocycles. The summed E-state index contributed by atoms with van der Waals surface area (Å²) >= 11 is 0. The van der Waals surface area contributed by atoms with E-state index in [9.17, 15) is 14.7 Å². The van der Waals surface area contributed by atoms with Gasteiger partial charge in [-0.3, -0.25) is 14.9 Å². The predicted molar refractivity (Wildman–Crippen MR) is 86.4 cm³/mol. The molecule has 1 amide bonds. The molecule has 0 saturated heterocycles. The highest BCUT2D eigenvalue weighted by Crippen LogP contribution is 2.31. The number of rotatable bonds is 7. The molecule has 3 atom stereocenters. The van der Waals surface area contributed by atoms with E-state index in [1.165, 1.54) is 0 Å². The molecule has 6 nitrogen and oxygen atoms in total. The Kier molecular flexibility index (Phi) is 5.98. The van der Waals surface area contributed by atoms with Gasteiger partial charge in [0.05, 0.1) is 18.7 Å². The second-order valence-corrected chi connectivity index (χ2v) is 5.80. The van der Waals surface area contributed by atoms with Gasteiger partial charge in [0.1, 0.15) is 11.8 Å². The minimum absolute atomic E-state index is 0.105. The fourth-order valence-corrected chi connectivity index (χ4v) is 2.73. The van der Waals surface area contributed by atoms with Gasteiger partial charge in [-0.1, -0.05) is 31.5 Å². The van der Waals surface area contributed by atoms with E-state index in [1.54, 1.807) is 6.92 Å². The lowest BCUT2D eigenvalue weighted by atomic mass is 10.00. The molecule has 0 fully saturated rings. The lowest BCUT2D eigenvalue weighted by Crippen LogP contribution is -2.50. The van der Waals surface area contributed by atoms with Crippen LogP contribution in [0.5, 0.6) is 5.75 Å². The van der Waals surface area contributed by atoms with Crippen LogP contribution in [0, 0.1) is 0 Å². The van der Waals surface area contributed by atoms with Crippen molar-refractivity contribution in [1.29, 1.82) is 0 Å². The number of carbonyl (C=O) groups excluding carboxylic acids is 1. The molecule has 1 aromatic carbocycles. The summed E-state index contributed by atoms with van der Waals surface area (Å²) in [6, 6.07) is 6.25. The molecule has 0 bridgehead atoms. The maximum absolute atomic E-state index is 12.4. The molecular formula is C17H24N2O4. The highest BCUT2D eigenvalue weighted by molar-refractivity contribution is 5.83. The van der Waals surface area contributed by atoms with Gasteiger partial charge in [0.15, 0.2) is 0 Å². The van der Waals surface area contributed by atoms with Crippen LogP contribution in [0.4, 0.5) is 0 Å². The number of amides is 1. The summed E-state index contributed by atoms with van der Waals surface area (Å²) in [5.74, 6) is -0.337. The highest BCUT2D eigenvalue weighted by Gasteiger charge is 2.27. The third-order valence-corrected chi connectivity index (χ3v) is 3.99. The van der Waals surface area contributed by atoms with E-state index in [1.807, 2.05) is 31.2 Å². The second kappa shape index (κ2) is 7.97. The average molecular weight is 320 g/mol. The van der Waals surface area contributed by atoms with Crippen molar-refractivity contribution in [2.75, 3.05) is 6.61 Å². The van der Waals surface area contributed by atoms with Crippen LogP contribution in [0.25, 0.3) is 0 Å². The summed E-state index contributed by atoms with van der Waals surface area (Å²) in [5, 5.41) is 15.1. The number of hydrogen-bond acceptors (Lipinski definition) is 4. The van der Waals surface area contributed by atoms with Gasteiger partial charge < -0.3 is 15.2 Å². The Morgan fingerprint density at radius 2 is 2.13 bits per heavy atom. The van der Waals surface area contributed by atoms with Crippen LogP contribution >= 0.6 is 0 Å². The molecule has 1 heterocycles. The van der Waals surface area contributed by atoms with Crippen LogP contribution in [-0.4, -0.2) is 35.7 Å². The predicted octanol–water partition coefficient (Wildman–Crippen LogP) is 1.86. The van der Waals surface area contributed by atoms with Crippen LogP contribution in [-0.2, 0) is 9.59 Å². The first-order valence-electron chi connectivity index (χ1n) is 8.04. The van der Waals surface area contributed by atoms with Crippen molar-refractivity contribution >= 4 is 11.9 Å². The third-order valence-electron chi connectivity index (χ3n) is 3.99. The van der Waals surface area contributed by atoms with Crippen molar-refractivity contribution < 1.29 is 19.4 Å². The first kappa shape index (κ1) is 17.3. The van der Waals surface area contributed by atoms with Crippen LogP contribution in [0.3, 0.4) is 0 Å². The maximum atomic E-state index is 12.4. The zero-order chi connectivity index (χ0) is 16.8. The van der Waals surface area contributed by atoms with Crippen LogP contribution in [0.15, 0.2) is 24.3 Å². The number of carbonyl (C=O) groups is 2. The standard InChI is InChI=1S/C17H24N2O4/c1-3-6-14(17(21)22)18-11(2)16(20)19-13-9-10-23-15-8-5-4-7-12(13)15/h4-5,7-8,11,13-14,18H,3,6,9-10H2,1-2H3,(H,19,20)(H,21,22).